The third-order valence-electron chi connectivity index (χ3n) is 7.70. The summed E-state index contributed by atoms with van der Waals surface area (Å²) in [5, 5.41) is 22.9. The zero-order valence-electron chi connectivity index (χ0n) is 23.5. The summed E-state index contributed by atoms with van der Waals surface area (Å²) in [4.78, 5) is 42.3. The SMILES string of the molecule is COC(=O)c1ccc(C(=O)N2CCN(CC(O)(c3cn(Cc4ccccc4)c4cc([N+](=O)[O-])ccc34)C(F)(F)F)CC2)nc1. The molecule has 0 radical (unpaired) electrons. The van der Waals surface area contributed by atoms with Crippen LogP contribution in [0, 0.1) is 10.1 Å². The minimum absolute atomic E-state index is 0.0402. The first-order chi connectivity index (χ1) is 20.9. The summed E-state index contributed by atoms with van der Waals surface area (Å²) in [6.45, 7) is -0.449. The number of rotatable bonds is 8. The van der Waals surface area contributed by atoms with E-state index in [2.05, 4.69) is 9.72 Å². The van der Waals surface area contributed by atoms with Crippen molar-refractivity contribution < 1.29 is 37.5 Å². The van der Waals surface area contributed by atoms with E-state index in [9.17, 15) is 38.0 Å². The van der Waals surface area contributed by atoms with E-state index in [4.69, 9.17) is 0 Å². The van der Waals surface area contributed by atoms with Gasteiger partial charge in [-0.05, 0) is 23.8 Å². The van der Waals surface area contributed by atoms with E-state index in [0.717, 1.165) is 11.6 Å². The molecule has 2 aromatic heterocycles. The fraction of sp³-hybridized carbons (Fsp3) is 0.300. The quantitative estimate of drug-likeness (QED) is 0.180. The Kier molecular flexibility index (Phi) is 8.39. The Bertz CT molecular complexity index is 1690. The molecule has 2 aromatic carbocycles. The third-order valence-corrected chi connectivity index (χ3v) is 7.70. The predicted octanol–water partition coefficient (Wildman–Crippen LogP) is 3.99. The Morgan fingerprint density at radius 2 is 1.75 bits per heavy atom. The molecule has 0 saturated carbocycles. The number of pyridine rings is 1. The zero-order chi connectivity index (χ0) is 31.6. The van der Waals surface area contributed by atoms with Gasteiger partial charge in [-0.15, -0.1) is 0 Å². The smallest absolute Gasteiger partial charge is 0.422 e. The van der Waals surface area contributed by atoms with Crippen LogP contribution < -0.4 is 0 Å². The van der Waals surface area contributed by atoms with Crippen LogP contribution in [0.4, 0.5) is 18.9 Å². The lowest BCUT2D eigenvalue weighted by molar-refractivity contribution is -0.384. The molecule has 230 valence electrons. The molecule has 1 aliphatic rings. The number of carbonyl (C=O) groups excluding carboxylic acids is 2. The van der Waals surface area contributed by atoms with E-state index in [1.807, 2.05) is 0 Å². The third kappa shape index (κ3) is 5.98. The number of non-ortho nitro benzene ring substituents is 1. The van der Waals surface area contributed by atoms with Gasteiger partial charge in [-0.3, -0.25) is 24.8 Å². The van der Waals surface area contributed by atoms with E-state index in [1.165, 1.54) is 58.1 Å². The number of nitro groups is 1. The van der Waals surface area contributed by atoms with Crippen LogP contribution in [0.3, 0.4) is 0 Å². The van der Waals surface area contributed by atoms with E-state index in [-0.39, 0.29) is 60.6 Å². The van der Waals surface area contributed by atoms with Gasteiger partial charge in [0.05, 0.1) is 23.1 Å². The molecule has 0 bridgehead atoms. The van der Waals surface area contributed by atoms with E-state index >= 15 is 0 Å². The number of benzene rings is 2. The van der Waals surface area contributed by atoms with E-state index in [0.29, 0.717) is 0 Å². The van der Waals surface area contributed by atoms with Crippen LogP contribution in [-0.2, 0) is 16.9 Å². The Balaban J connectivity index is 1.40. The molecule has 1 amide bonds. The first-order valence-electron chi connectivity index (χ1n) is 13.6. The number of aromatic nitrogens is 2. The molecular formula is C30H28F3N5O6. The average molecular weight is 612 g/mol. The van der Waals surface area contributed by atoms with Gasteiger partial charge < -0.3 is 19.3 Å². The number of piperazine rings is 1. The first kappa shape index (κ1) is 30.6. The van der Waals surface area contributed by atoms with Crippen molar-refractivity contribution in [3.8, 4) is 0 Å². The molecule has 44 heavy (non-hydrogen) atoms. The standard InChI is InChI=1S/C30H28F3N5O6/c1-44-28(40)21-7-10-25(34-16-21)27(39)36-13-11-35(12-14-36)19-29(41,30(31,32)33)24-18-37(17-20-5-3-2-4-6-20)26-15-22(38(42)43)8-9-23(24)26/h2-10,15-16,18,41H,11-14,17,19H2,1H3. The largest absolute Gasteiger partial charge is 0.465 e. The van der Waals surface area contributed by atoms with Gasteiger partial charge in [-0.25, -0.2) is 4.79 Å². The number of β-amino-alcohol motifs (C(OH)–C–C–N with tert-alkyl or cyclic N) is 1. The molecule has 1 saturated heterocycles. The maximum atomic E-state index is 14.8. The Morgan fingerprint density at radius 3 is 2.34 bits per heavy atom. The molecule has 3 heterocycles. The lowest BCUT2D eigenvalue weighted by Gasteiger charge is -2.40. The number of methoxy groups -OCH3 is 1. The number of carbonyl (C=O) groups is 2. The molecule has 0 spiro atoms. The number of nitrogens with zero attached hydrogens (tertiary/aromatic N) is 5. The fourth-order valence-corrected chi connectivity index (χ4v) is 5.32. The van der Waals surface area contributed by atoms with Crippen molar-refractivity contribution in [1.82, 2.24) is 19.4 Å². The maximum Gasteiger partial charge on any atom is 0.422 e. The van der Waals surface area contributed by atoms with Crippen LogP contribution in [0.15, 0.2) is 73.1 Å². The number of amides is 1. The van der Waals surface area contributed by atoms with Crippen molar-refractivity contribution in [3.05, 3.63) is 106 Å². The van der Waals surface area contributed by atoms with Gasteiger partial charge >= 0.3 is 12.1 Å². The van der Waals surface area contributed by atoms with E-state index < -0.39 is 40.7 Å². The molecule has 0 aliphatic carbocycles. The molecule has 1 atom stereocenters. The second-order valence-corrected chi connectivity index (χ2v) is 10.5. The summed E-state index contributed by atoms with van der Waals surface area (Å²) in [5.41, 5.74) is -2.85. The second kappa shape index (κ2) is 12.1. The van der Waals surface area contributed by atoms with Gasteiger partial charge in [0.1, 0.15) is 5.69 Å². The summed E-state index contributed by atoms with van der Waals surface area (Å²) < 4.78 is 50.4. The number of fused-ring (bicyclic) bond motifs is 1. The fourth-order valence-electron chi connectivity index (χ4n) is 5.32. The van der Waals surface area contributed by atoms with Crippen molar-refractivity contribution >= 4 is 28.5 Å². The molecule has 1 N–H and O–H groups in total. The lowest BCUT2D eigenvalue weighted by Crippen LogP contribution is -2.56. The van der Waals surface area contributed by atoms with E-state index in [1.54, 1.807) is 30.3 Å². The minimum Gasteiger partial charge on any atom is -0.465 e. The van der Waals surface area contributed by atoms with Crippen molar-refractivity contribution in [2.45, 2.75) is 18.3 Å². The van der Waals surface area contributed by atoms with Crippen LogP contribution >= 0.6 is 0 Å². The number of nitro benzene ring substituents is 1. The number of hydrogen-bond acceptors (Lipinski definition) is 8. The van der Waals surface area contributed by atoms with Gasteiger partial charge in [0.25, 0.3) is 11.6 Å². The zero-order valence-corrected chi connectivity index (χ0v) is 23.5. The summed E-state index contributed by atoms with van der Waals surface area (Å²) in [5.74, 6) is -1.05. The highest BCUT2D eigenvalue weighted by molar-refractivity contribution is 5.94. The van der Waals surface area contributed by atoms with Gasteiger partial charge in [0.15, 0.2) is 0 Å². The van der Waals surface area contributed by atoms with Gasteiger partial charge in [0.2, 0.25) is 5.60 Å². The highest BCUT2D eigenvalue weighted by Crippen LogP contribution is 2.44. The topological polar surface area (TPSA) is 131 Å². The highest BCUT2D eigenvalue weighted by atomic mass is 19.4. The number of ether oxygens (including phenoxy) is 1. The lowest BCUT2D eigenvalue weighted by atomic mass is 9.91. The van der Waals surface area contributed by atoms with Gasteiger partial charge in [-0.1, -0.05) is 30.3 Å². The van der Waals surface area contributed by atoms with Crippen LogP contribution in [0.1, 0.15) is 32.0 Å². The number of hydrogen-bond donors (Lipinski definition) is 1. The molecule has 11 nitrogen and oxygen atoms in total. The van der Waals surface area contributed by atoms with Crippen LogP contribution in [0.25, 0.3) is 10.9 Å². The average Bonchev–Trinajstić information content (AvgIpc) is 3.38. The number of alkyl halides is 3. The Labute approximate surface area is 249 Å². The summed E-state index contributed by atoms with van der Waals surface area (Å²) in [7, 11) is 1.22. The summed E-state index contributed by atoms with van der Waals surface area (Å²) in [6.07, 6.45) is -2.68. The number of aliphatic hydroxyl groups is 1. The minimum atomic E-state index is -5.10. The predicted molar refractivity (Wildman–Crippen MR) is 152 cm³/mol. The summed E-state index contributed by atoms with van der Waals surface area (Å²) >= 11 is 0. The maximum absolute atomic E-state index is 14.8. The van der Waals surface area contributed by atoms with Crippen LogP contribution in [0.2, 0.25) is 0 Å². The van der Waals surface area contributed by atoms with Crippen molar-refractivity contribution in [1.29, 1.82) is 0 Å². The Hall–Kier alpha value is -4.82. The normalized spacial score (nSPS) is 15.6. The molecule has 4 aromatic rings. The number of esters is 1. The van der Waals surface area contributed by atoms with Crippen LogP contribution in [-0.4, -0.2) is 87.3 Å². The molecule has 14 heteroatoms. The van der Waals surface area contributed by atoms with Crippen molar-refractivity contribution in [3.63, 3.8) is 0 Å². The highest BCUT2D eigenvalue weighted by Gasteiger charge is 2.57. The molecule has 5 rings (SSSR count). The monoisotopic (exact) mass is 611 g/mol. The van der Waals surface area contributed by atoms with Crippen molar-refractivity contribution in [2.75, 3.05) is 39.8 Å². The van der Waals surface area contributed by atoms with Gasteiger partial charge in [0, 0.05) is 74.7 Å². The van der Waals surface area contributed by atoms with Gasteiger partial charge in [-0.2, -0.15) is 13.2 Å². The van der Waals surface area contributed by atoms with Crippen LogP contribution in [0.5, 0.6) is 0 Å². The number of halogens is 3. The molecule has 1 aliphatic heterocycles. The molecule has 1 fully saturated rings. The second-order valence-electron chi connectivity index (χ2n) is 10.5. The first-order valence-corrected chi connectivity index (χ1v) is 13.6. The Morgan fingerprint density at radius 1 is 1.05 bits per heavy atom. The summed E-state index contributed by atoms with van der Waals surface area (Å²) in [6, 6.07) is 15.2. The molecule has 1 unspecified atom stereocenters. The molecular weight excluding hydrogens is 583 g/mol. The van der Waals surface area contributed by atoms with Crippen molar-refractivity contribution in [2.24, 2.45) is 0 Å².